The van der Waals surface area contributed by atoms with Gasteiger partial charge in [-0.2, -0.15) is 0 Å². The Kier molecular flexibility index (Phi) is 5.05. The SMILES string of the molecule is O=C(Nc1ccccn1)C1CCCN1C(=O)OCc1ccccc1. The zero-order valence-electron chi connectivity index (χ0n) is 13.2. The molecule has 24 heavy (non-hydrogen) atoms. The van der Waals surface area contributed by atoms with E-state index in [1.54, 1.807) is 24.4 Å². The first-order valence-corrected chi connectivity index (χ1v) is 7.93. The van der Waals surface area contributed by atoms with Crippen LogP contribution in [0.2, 0.25) is 0 Å². The van der Waals surface area contributed by atoms with E-state index in [0.29, 0.717) is 18.8 Å². The number of hydrogen-bond acceptors (Lipinski definition) is 4. The van der Waals surface area contributed by atoms with Crippen molar-refractivity contribution in [2.75, 3.05) is 11.9 Å². The highest BCUT2D eigenvalue weighted by Gasteiger charge is 2.35. The maximum Gasteiger partial charge on any atom is 0.410 e. The van der Waals surface area contributed by atoms with Crippen LogP contribution in [-0.4, -0.2) is 34.5 Å². The molecule has 1 aromatic heterocycles. The van der Waals surface area contributed by atoms with E-state index in [0.717, 1.165) is 12.0 Å². The summed E-state index contributed by atoms with van der Waals surface area (Å²) in [5.74, 6) is 0.245. The van der Waals surface area contributed by atoms with Crippen LogP contribution in [0.1, 0.15) is 18.4 Å². The molecule has 0 saturated carbocycles. The van der Waals surface area contributed by atoms with Crippen LogP contribution in [0.3, 0.4) is 0 Å². The highest BCUT2D eigenvalue weighted by molar-refractivity contribution is 5.96. The van der Waals surface area contributed by atoms with Gasteiger partial charge in [0.1, 0.15) is 18.5 Å². The Morgan fingerprint density at radius 1 is 1.17 bits per heavy atom. The van der Waals surface area contributed by atoms with Crippen LogP contribution >= 0.6 is 0 Å². The minimum absolute atomic E-state index is 0.199. The molecule has 2 amide bonds. The number of rotatable bonds is 4. The first-order chi connectivity index (χ1) is 11.7. The number of amides is 2. The molecule has 0 bridgehead atoms. The topological polar surface area (TPSA) is 71.5 Å². The molecule has 0 radical (unpaired) electrons. The van der Waals surface area contributed by atoms with E-state index in [4.69, 9.17) is 4.74 Å². The summed E-state index contributed by atoms with van der Waals surface area (Å²) in [6.07, 6.45) is 2.55. The summed E-state index contributed by atoms with van der Waals surface area (Å²) < 4.78 is 5.33. The number of benzene rings is 1. The molecule has 1 aliphatic heterocycles. The lowest BCUT2D eigenvalue weighted by Gasteiger charge is -2.23. The van der Waals surface area contributed by atoms with Crippen LogP contribution in [0.4, 0.5) is 10.6 Å². The normalized spacial score (nSPS) is 16.7. The van der Waals surface area contributed by atoms with E-state index in [9.17, 15) is 9.59 Å². The summed E-state index contributed by atoms with van der Waals surface area (Å²) in [7, 11) is 0. The predicted molar refractivity (Wildman–Crippen MR) is 89.2 cm³/mol. The van der Waals surface area contributed by atoms with Crippen molar-refractivity contribution in [3.63, 3.8) is 0 Å². The number of hydrogen-bond donors (Lipinski definition) is 1. The molecule has 1 atom stereocenters. The third-order valence-electron chi connectivity index (χ3n) is 3.91. The average molecular weight is 325 g/mol. The molecule has 124 valence electrons. The Balaban J connectivity index is 1.58. The molecule has 6 heteroatoms. The van der Waals surface area contributed by atoms with Gasteiger partial charge in [-0.15, -0.1) is 0 Å². The van der Waals surface area contributed by atoms with Gasteiger partial charge in [0.15, 0.2) is 0 Å². The van der Waals surface area contributed by atoms with Crippen molar-refractivity contribution in [2.45, 2.75) is 25.5 Å². The van der Waals surface area contributed by atoms with Crippen LogP contribution < -0.4 is 5.32 Å². The second-order valence-corrected chi connectivity index (χ2v) is 5.60. The molecule has 6 nitrogen and oxygen atoms in total. The number of ether oxygens (including phenoxy) is 1. The van der Waals surface area contributed by atoms with Crippen molar-refractivity contribution < 1.29 is 14.3 Å². The Bertz CT molecular complexity index is 691. The van der Waals surface area contributed by atoms with Gasteiger partial charge in [0.25, 0.3) is 0 Å². The average Bonchev–Trinajstić information content (AvgIpc) is 3.11. The number of pyridine rings is 1. The molecule has 1 aliphatic rings. The van der Waals surface area contributed by atoms with E-state index in [1.807, 2.05) is 30.3 Å². The number of nitrogens with one attached hydrogen (secondary N) is 1. The Morgan fingerprint density at radius 3 is 2.71 bits per heavy atom. The second-order valence-electron chi connectivity index (χ2n) is 5.60. The molecule has 2 heterocycles. The van der Waals surface area contributed by atoms with Gasteiger partial charge < -0.3 is 10.1 Å². The molecular weight excluding hydrogens is 306 g/mol. The van der Waals surface area contributed by atoms with Crippen molar-refractivity contribution >= 4 is 17.8 Å². The van der Waals surface area contributed by atoms with E-state index in [1.165, 1.54) is 4.90 Å². The van der Waals surface area contributed by atoms with Crippen LogP contribution in [0, 0.1) is 0 Å². The lowest BCUT2D eigenvalue weighted by molar-refractivity contribution is -0.120. The Morgan fingerprint density at radius 2 is 1.96 bits per heavy atom. The fraction of sp³-hybridized carbons (Fsp3) is 0.278. The van der Waals surface area contributed by atoms with Crippen LogP contribution in [0.15, 0.2) is 54.7 Å². The number of aromatic nitrogens is 1. The maximum absolute atomic E-state index is 12.4. The zero-order chi connectivity index (χ0) is 16.8. The number of carbonyl (C=O) groups excluding carboxylic acids is 2. The third kappa shape index (κ3) is 3.90. The number of likely N-dealkylation sites (tertiary alicyclic amines) is 1. The minimum Gasteiger partial charge on any atom is -0.445 e. The molecule has 0 aliphatic carbocycles. The lowest BCUT2D eigenvalue weighted by Crippen LogP contribution is -2.43. The number of nitrogens with zero attached hydrogens (tertiary/aromatic N) is 2. The van der Waals surface area contributed by atoms with Crippen molar-refractivity contribution in [3.8, 4) is 0 Å². The van der Waals surface area contributed by atoms with Gasteiger partial charge in [-0.05, 0) is 30.5 Å². The van der Waals surface area contributed by atoms with Crippen molar-refractivity contribution in [3.05, 3.63) is 60.3 Å². The molecule has 1 unspecified atom stereocenters. The molecule has 1 saturated heterocycles. The predicted octanol–water partition coefficient (Wildman–Crippen LogP) is 2.82. The van der Waals surface area contributed by atoms with E-state index in [-0.39, 0.29) is 12.5 Å². The lowest BCUT2D eigenvalue weighted by atomic mass is 10.2. The van der Waals surface area contributed by atoms with E-state index in [2.05, 4.69) is 10.3 Å². The first-order valence-electron chi connectivity index (χ1n) is 7.93. The Labute approximate surface area is 140 Å². The van der Waals surface area contributed by atoms with Gasteiger partial charge in [0.05, 0.1) is 0 Å². The smallest absolute Gasteiger partial charge is 0.410 e. The number of anilines is 1. The van der Waals surface area contributed by atoms with E-state index < -0.39 is 12.1 Å². The first kappa shape index (κ1) is 16.0. The van der Waals surface area contributed by atoms with Crippen LogP contribution in [0.25, 0.3) is 0 Å². The fourth-order valence-electron chi connectivity index (χ4n) is 2.71. The van der Waals surface area contributed by atoms with Gasteiger partial charge in [0, 0.05) is 12.7 Å². The molecule has 1 fully saturated rings. The van der Waals surface area contributed by atoms with Gasteiger partial charge in [0.2, 0.25) is 5.91 Å². The molecule has 2 aromatic rings. The van der Waals surface area contributed by atoms with Gasteiger partial charge >= 0.3 is 6.09 Å². The highest BCUT2D eigenvalue weighted by atomic mass is 16.6. The van der Waals surface area contributed by atoms with Crippen LogP contribution in [-0.2, 0) is 16.1 Å². The van der Waals surface area contributed by atoms with Crippen LogP contribution in [0.5, 0.6) is 0 Å². The standard InChI is InChI=1S/C18H19N3O3/c22-17(20-16-10-4-5-11-19-16)15-9-6-12-21(15)18(23)24-13-14-7-2-1-3-8-14/h1-5,7-8,10-11,15H,6,9,12-13H2,(H,19,20,22). The summed E-state index contributed by atoms with van der Waals surface area (Å²) in [5.41, 5.74) is 0.916. The highest BCUT2D eigenvalue weighted by Crippen LogP contribution is 2.20. The van der Waals surface area contributed by atoms with Gasteiger partial charge in [-0.25, -0.2) is 9.78 Å². The molecule has 1 N–H and O–H groups in total. The zero-order valence-corrected chi connectivity index (χ0v) is 13.2. The maximum atomic E-state index is 12.4. The molecular formula is C18H19N3O3. The monoisotopic (exact) mass is 325 g/mol. The van der Waals surface area contributed by atoms with Gasteiger partial charge in [-0.3, -0.25) is 9.69 Å². The molecule has 1 aromatic carbocycles. The van der Waals surface area contributed by atoms with Crippen molar-refractivity contribution in [1.82, 2.24) is 9.88 Å². The summed E-state index contributed by atoms with van der Waals surface area (Å²) in [6.45, 7) is 0.721. The minimum atomic E-state index is -0.518. The largest absolute Gasteiger partial charge is 0.445 e. The quantitative estimate of drug-likeness (QED) is 0.938. The summed E-state index contributed by atoms with van der Waals surface area (Å²) in [4.78, 5) is 30.3. The van der Waals surface area contributed by atoms with E-state index >= 15 is 0 Å². The van der Waals surface area contributed by atoms with Crippen molar-refractivity contribution in [1.29, 1.82) is 0 Å². The second kappa shape index (κ2) is 7.59. The summed E-state index contributed by atoms with van der Waals surface area (Å²) in [5, 5.41) is 2.74. The summed E-state index contributed by atoms with van der Waals surface area (Å²) >= 11 is 0. The number of carbonyl (C=O) groups is 2. The Hall–Kier alpha value is -2.89. The van der Waals surface area contributed by atoms with Crippen molar-refractivity contribution in [2.24, 2.45) is 0 Å². The molecule has 3 rings (SSSR count). The molecule has 0 spiro atoms. The third-order valence-corrected chi connectivity index (χ3v) is 3.91. The van der Waals surface area contributed by atoms with Gasteiger partial charge in [-0.1, -0.05) is 36.4 Å². The fourth-order valence-corrected chi connectivity index (χ4v) is 2.71. The summed E-state index contributed by atoms with van der Waals surface area (Å²) in [6, 6.07) is 14.2.